The molecule has 13 heteroatoms. The van der Waals surface area contributed by atoms with Crippen molar-refractivity contribution in [1.29, 1.82) is 0 Å². The zero-order chi connectivity index (χ0) is 23.2. The highest BCUT2D eigenvalue weighted by molar-refractivity contribution is 6.30. The van der Waals surface area contributed by atoms with Crippen LogP contribution >= 0.6 is 11.6 Å². The lowest BCUT2D eigenvalue weighted by Crippen LogP contribution is -2.09. The average molecular weight is 457 g/mol. The first-order chi connectivity index (χ1) is 15.2. The van der Waals surface area contributed by atoms with Crippen LogP contribution in [0.5, 0.6) is 0 Å². The summed E-state index contributed by atoms with van der Waals surface area (Å²) in [7, 11) is 0. The summed E-state index contributed by atoms with van der Waals surface area (Å²) in [5.74, 6) is -0.784. The number of carbonyl (C=O) groups is 1. The quantitative estimate of drug-likeness (QED) is 0.266. The number of nitrogens with zero attached hydrogens (tertiary/aromatic N) is 5. The van der Waals surface area contributed by atoms with Crippen LogP contribution in [0, 0.1) is 20.2 Å². The number of aromatic nitrogens is 3. The average Bonchev–Trinajstić information content (AvgIpc) is 3.02. The van der Waals surface area contributed by atoms with Crippen molar-refractivity contribution >= 4 is 57.0 Å². The van der Waals surface area contributed by atoms with E-state index >= 15 is 0 Å². The van der Waals surface area contributed by atoms with E-state index in [0.29, 0.717) is 10.7 Å². The highest BCUT2D eigenvalue weighted by Gasteiger charge is 2.29. The fraction of sp³-hybridized carbons (Fsp3) is 0.105. The number of nitro benzene ring substituents is 2. The third kappa shape index (κ3) is 3.32. The molecule has 0 aliphatic carbocycles. The maximum atomic E-state index is 12.6. The minimum atomic E-state index is -0.886. The third-order valence-electron chi connectivity index (χ3n) is 4.65. The number of rotatable bonds is 5. The summed E-state index contributed by atoms with van der Waals surface area (Å²) in [4.78, 5) is 42.2. The highest BCUT2D eigenvalue weighted by atomic mass is 35.5. The van der Waals surface area contributed by atoms with Gasteiger partial charge < -0.3 is 10.5 Å². The van der Waals surface area contributed by atoms with Crippen molar-refractivity contribution < 1.29 is 19.4 Å². The Balaban J connectivity index is 2.12. The predicted octanol–water partition coefficient (Wildman–Crippen LogP) is 3.80. The van der Waals surface area contributed by atoms with Crippen LogP contribution in [0.25, 0.3) is 27.9 Å². The lowest BCUT2D eigenvalue weighted by Gasteiger charge is -2.08. The topological polar surface area (TPSA) is 169 Å². The van der Waals surface area contributed by atoms with E-state index in [1.54, 1.807) is 31.2 Å². The first-order valence-electron chi connectivity index (χ1n) is 9.10. The van der Waals surface area contributed by atoms with Crippen LogP contribution in [0.3, 0.4) is 0 Å². The maximum absolute atomic E-state index is 12.6. The molecule has 0 fully saturated rings. The molecular formula is C19H13ClN6O6. The Labute approximate surface area is 183 Å². The minimum absolute atomic E-state index is 0.0120. The second kappa shape index (κ2) is 7.74. The van der Waals surface area contributed by atoms with Crippen molar-refractivity contribution in [3.63, 3.8) is 0 Å². The molecular weight excluding hydrogens is 444 g/mol. The molecule has 0 saturated carbocycles. The molecule has 2 aromatic carbocycles. The van der Waals surface area contributed by atoms with Crippen molar-refractivity contribution in [1.82, 2.24) is 14.5 Å². The number of benzene rings is 2. The Morgan fingerprint density at radius 3 is 2.19 bits per heavy atom. The zero-order valence-electron chi connectivity index (χ0n) is 16.3. The van der Waals surface area contributed by atoms with Gasteiger partial charge in [-0.15, -0.1) is 0 Å². The standard InChI is InChI=1S/C19H13ClN6O6/c1-2-32-19(27)15-16-18(24(17(15)21)10-5-3-9(20)4-6-10)23-12-8-14(26(30)31)13(25(28)29)7-11(12)22-16/h3-8H,2,21H2,1H3. The van der Waals surface area contributed by atoms with E-state index in [0.717, 1.165) is 12.1 Å². The molecule has 32 heavy (non-hydrogen) atoms. The molecule has 0 amide bonds. The predicted molar refractivity (Wildman–Crippen MR) is 115 cm³/mol. The summed E-state index contributed by atoms with van der Waals surface area (Å²) in [5, 5.41) is 23.1. The summed E-state index contributed by atoms with van der Waals surface area (Å²) in [6.45, 7) is 1.70. The number of nitro groups is 2. The highest BCUT2D eigenvalue weighted by Crippen LogP contribution is 2.35. The van der Waals surface area contributed by atoms with Crippen LogP contribution < -0.4 is 5.73 Å². The Hall–Kier alpha value is -4.32. The van der Waals surface area contributed by atoms with Crippen LogP contribution in [0.1, 0.15) is 17.3 Å². The Morgan fingerprint density at radius 1 is 1.09 bits per heavy atom. The summed E-state index contributed by atoms with van der Waals surface area (Å²) in [6.07, 6.45) is 0. The van der Waals surface area contributed by atoms with Crippen LogP contribution in [0.4, 0.5) is 17.2 Å². The van der Waals surface area contributed by atoms with Crippen LogP contribution in [0.2, 0.25) is 5.02 Å². The largest absolute Gasteiger partial charge is 0.462 e. The number of fused-ring (bicyclic) bond motifs is 2. The molecule has 0 aliphatic heterocycles. The van der Waals surface area contributed by atoms with Gasteiger partial charge in [0.2, 0.25) is 0 Å². The number of carbonyl (C=O) groups excluding carboxylic acids is 1. The lowest BCUT2D eigenvalue weighted by molar-refractivity contribution is -0.422. The van der Waals surface area contributed by atoms with Gasteiger partial charge in [0, 0.05) is 10.7 Å². The number of nitrogens with two attached hydrogens (primary N) is 1. The molecule has 0 spiro atoms. The third-order valence-corrected chi connectivity index (χ3v) is 4.90. The number of ether oxygens (including phenoxy) is 1. The number of halogens is 1. The molecule has 0 radical (unpaired) electrons. The summed E-state index contributed by atoms with van der Waals surface area (Å²) in [5.41, 5.74) is 5.34. The molecule has 0 atom stereocenters. The van der Waals surface area contributed by atoms with Gasteiger partial charge in [0.15, 0.2) is 5.65 Å². The maximum Gasteiger partial charge on any atom is 0.348 e. The second-order valence-corrected chi connectivity index (χ2v) is 6.97. The molecule has 2 heterocycles. The molecule has 0 bridgehead atoms. The van der Waals surface area contributed by atoms with Gasteiger partial charge in [-0.25, -0.2) is 14.8 Å². The van der Waals surface area contributed by atoms with Crippen molar-refractivity contribution in [3.8, 4) is 5.69 Å². The summed E-state index contributed by atoms with van der Waals surface area (Å²) < 4.78 is 6.52. The molecule has 0 aliphatic rings. The van der Waals surface area contributed by atoms with E-state index in [1.807, 2.05) is 0 Å². The van der Waals surface area contributed by atoms with E-state index in [-0.39, 0.29) is 40.2 Å². The number of anilines is 1. The fourth-order valence-corrected chi connectivity index (χ4v) is 3.42. The van der Waals surface area contributed by atoms with E-state index < -0.39 is 27.2 Å². The number of hydrogen-bond donors (Lipinski definition) is 1. The van der Waals surface area contributed by atoms with Gasteiger partial charge in [0.05, 0.1) is 39.6 Å². The fourth-order valence-electron chi connectivity index (χ4n) is 3.29. The first-order valence-corrected chi connectivity index (χ1v) is 9.48. The van der Waals surface area contributed by atoms with E-state index in [1.165, 1.54) is 4.57 Å². The number of nitrogen functional groups attached to an aromatic ring is 1. The number of hydrogen-bond acceptors (Lipinski definition) is 9. The minimum Gasteiger partial charge on any atom is -0.462 e. The molecule has 2 aromatic heterocycles. The normalized spacial score (nSPS) is 11.1. The summed E-state index contributed by atoms with van der Waals surface area (Å²) >= 11 is 5.96. The van der Waals surface area contributed by atoms with Crippen molar-refractivity contribution in [3.05, 3.63) is 67.2 Å². The molecule has 0 saturated heterocycles. The van der Waals surface area contributed by atoms with Crippen molar-refractivity contribution in [2.24, 2.45) is 0 Å². The monoisotopic (exact) mass is 456 g/mol. The van der Waals surface area contributed by atoms with Crippen LogP contribution in [-0.4, -0.2) is 37.0 Å². The molecule has 4 aromatic rings. The Kier molecular flexibility index (Phi) is 5.06. The molecule has 4 rings (SSSR count). The van der Waals surface area contributed by atoms with Crippen LogP contribution in [-0.2, 0) is 4.74 Å². The van der Waals surface area contributed by atoms with Gasteiger partial charge in [-0.2, -0.15) is 0 Å². The van der Waals surface area contributed by atoms with Crippen molar-refractivity contribution in [2.75, 3.05) is 12.3 Å². The van der Waals surface area contributed by atoms with E-state index in [4.69, 9.17) is 22.1 Å². The van der Waals surface area contributed by atoms with Gasteiger partial charge in [-0.3, -0.25) is 24.8 Å². The summed E-state index contributed by atoms with van der Waals surface area (Å²) in [6, 6.07) is 8.38. The smallest absolute Gasteiger partial charge is 0.348 e. The van der Waals surface area contributed by atoms with Crippen LogP contribution in [0.15, 0.2) is 36.4 Å². The molecule has 162 valence electrons. The second-order valence-electron chi connectivity index (χ2n) is 6.53. The van der Waals surface area contributed by atoms with E-state index in [2.05, 4.69) is 9.97 Å². The van der Waals surface area contributed by atoms with Gasteiger partial charge in [-0.05, 0) is 31.2 Å². The molecule has 0 unspecified atom stereocenters. The first kappa shape index (κ1) is 20.9. The molecule has 2 N–H and O–H groups in total. The van der Waals surface area contributed by atoms with Gasteiger partial charge in [0.25, 0.3) is 0 Å². The Bertz CT molecular complexity index is 1430. The van der Waals surface area contributed by atoms with Gasteiger partial charge in [0.1, 0.15) is 16.9 Å². The SMILES string of the molecule is CCOC(=O)c1c(N)n(-c2ccc(Cl)cc2)c2nc3cc([N+](=O)[O-])c([N+](=O)[O-])cc3nc12. The lowest BCUT2D eigenvalue weighted by atomic mass is 10.2. The zero-order valence-corrected chi connectivity index (χ0v) is 17.1. The van der Waals surface area contributed by atoms with Gasteiger partial charge in [-0.1, -0.05) is 11.6 Å². The Morgan fingerprint density at radius 2 is 1.66 bits per heavy atom. The number of esters is 1. The van der Waals surface area contributed by atoms with E-state index in [9.17, 15) is 25.0 Å². The van der Waals surface area contributed by atoms with Gasteiger partial charge >= 0.3 is 17.3 Å². The van der Waals surface area contributed by atoms with Crippen molar-refractivity contribution in [2.45, 2.75) is 6.92 Å². The molecule has 12 nitrogen and oxygen atoms in total.